The first-order valence-electron chi connectivity index (χ1n) is 7.00. The molecular formula is C13H20N4O3S. The van der Waals surface area contributed by atoms with E-state index in [9.17, 15) is 14.7 Å². The van der Waals surface area contributed by atoms with E-state index in [1.807, 2.05) is 0 Å². The molecule has 21 heavy (non-hydrogen) atoms. The van der Waals surface area contributed by atoms with E-state index >= 15 is 0 Å². The van der Waals surface area contributed by atoms with Gasteiger partial charge in [0.15, 0.2) is 0 Å². The summed E-state index contributed by atoms with van der Waals surface area (Å²) in [5.74, 6) is -0.417. The minimum atomic E-state index is -0.248. The van der Waals surface area contributed by atoms with Gasteiger partial charge >= 0.3 is 0 Å². The van der Waals surface area contributed by atoms with Crippen molar-refractivity contribution in [3.63, 3.8) is 0 Å². The van der Waals surface area contributed by atoms with Crippen LogP contribution < -0.4 is 10.6 Å². The molecule has 0 saturated heterocycles. The highest BCUT2D eigenvalue weighted by molar-refractivity contribution is 7.15. The maximum atomic E-state index is 11.7. The average Bonchev–Trinajstić information content (AvgIpc) is 2.81. The molecular weight excluding hydrogens is 292 g/mol. The normalized spacial score (nSPS) is 16.1. The zero-order chi connectivity index (χ0) is 15.3. The number of amides is 2. The molecule has 1 fully saturated rings. The molecule has 8 heteroatoms. The highest BCUT2D eigenvalue weighted by atomic mass is 32.1. The molecule has 1 aromatic rings. The van der Waals surface area contributed by atoms with Gasteiger partial charge < -0.3 is 15.7 Å². The Hall–Kier alpha value is -1.54. The fourth-order valence-corrected chi connectivity index (χ4v) is 2.81. The summed E-state index contributed by atoms with van der Waals surface area (Å²) in [5.41, 5.74) is -0.137. The Morgan fingerprint density at radius 1 is 1.29 bits per heavy atom. The van der Waals surface area contributed by atoms with E-state index in [0.717, 1.165) is 24.3 Å². The summed E-state index contributed by atoms with van der Waals surface area (Å²) in [7, 11) is 0. The monoisotopic (exact) mass is 312 g/mol. The Labute approximate surface area is 127 Å². The second-order valence-electron chi connectivity index (χ2n) is 5.46. The van der Waals surface area contributed by atoms with Gasteiger partial charge in [-0.25, -0.2) is 0 Å². The summed E-state index contributed by atoms with van der Waals surface area (Å²) in [6.45, 7) is 2.39. The molecule has 1 aromatic heterocycles. The number of carbonyl (C=O) groups excluding carboxylic acids is 2. The first kappa shape index (κ1) is 15.8. The van der Waals surface area contributed by atoms with Gasteiger partial charge in [0, 0.05) is 24.8 Å². The number of aromatic nitrogens is 2. The summed E-state index contributed by atoms with van der Waals surface area (Å²) in [4.78, 5) is 23.4. The highest BCUT2D eigenvalue weighted by Gasteiger charge is 2.36. The fourth-order valence-electron chi connectivity index (χ4n) is 2.20. The predicted molar refractivity (Wildman–Crippen MR) is 78.9 cm³/mol. The van der Waals surface area contributed by atoms with Crippen molar-refractivity contribution in [1.29, 1.82) is 0 Å². The molecule has 2 amide bonds. The molecule has 1 aliphatic rings. The van der Waals surface area contributed by atoms with Crippen molar-refractivity contribution in [2.45, 2.75) is 39.0 Å². The number of carbonyl (C=O) groups is 2. The molecule has 0 unspecified atom stereocenters. The number of anilines is 1. The van der Waals surface area contributed by atoms with Gasteiger partial charge in [-0.2, -0.15) is 0 Å². The zero-order valence-corrected chi connectivity index (χ0v) is 12.8. The molecule has 116 valence electrons. The summed E-state index contributed by atoms with van der Waals surface area (Å²) >= 11 is 1.30. The third kappa shape index (κ3) is 4.47. The third-order valence-corrected chi connectivity index (χ3v) is 4.52. The van der Waals surface area contributed by atoms with Crippen LogP contribution in [-0.2, 0) is 9.59 Å². The molecule has 1 aliphatic carbocycles. The maximum Gasteiger partial charge on any atom is 0.226 e. The number of nitrogens with zero attached hydrogens (tertiary/aromatic N) is 2. The van der Waals surface area contributed by atoms with Crippen LogP contribution in [0.1, 0.15) is 37.1 Å². The van der Waals surface area contributed by atoms with Crippen LogP contribution in [0.25, 0.3) is 0 Å². The van der Waals surface area contributed by atoms with Gasteiger partial charge in [-0.05, 0) is 19.8 Å². The Kier molecular flexibility index (Phi) is 5.24. The van der Waals surface area contributed by atoms with Crippen molar-refractivity contribution >= 4 is 28.3 Å². The van der Waals surface area contributed by atoms with E-state index in [-0.39, 0.29) is 36.7 Å². The Morgan fingerprint density at radius 2 is 2.00 bits per heavy atom. The zero-order valence-electron chi connectivity index (χ0n) is 12.0. The third-order valence-electron chi connectivity index (χ3n) is 3.76. The summed E-state index contributed by atoms with van der Waals surface area (Å²) in [6.07, 6.45) is 3.23. The lowest BCUT2D eigenvalue weighted by atomic mass is 9.69. The second kappa shape index (κ2) is 6.95. The molecule has 1 saturated carbocycles. The van der Waals surface area contributed by atoms with Gasteiger partial charge in [-0.3, -0.25) is 9.59 Å². The summed E-state index contributed by atoms with van der Waals surface area (Å²) < 4.78 is 0. The van der Waals surface area contributed by atoms with Crippen LogP contribution >= 0.6 is 11.3 Å². The lowest BCUT2D eigenvalue weighted by Gasteiger charge is -2.40. The molecule has 3 N–H and O–H groups in total. The number of nitrogens with one attached hydrogen (secondary N) is 2. The van der Waals surface area contributed by atoms with Gasteiger partial charge in [0.25, 0.3) is 0 Å². The summed E-state index contributed by atoms with van der Waals surface area (Å²) in [6, 6.07) is 0. The topological polar surface area (TPSA) is 104 Å². The molecule has 0 atom stereocenters. The van der Waals surface area contributed by atoms with Crippen LogP contribution in [0.5, 0.6) is 0 Å². The molecule has 0 bridgehead atoms. The van der Waals surface area contributed by atoms with E-state index in [1.54, 1.807) is 6.92 Å². The minimum Gasteiger partial charge on any atom is -0.396 e. The Balaban J connectivity index is 1.65. The molecule has 2 rings (SSSR count). The van der Waals surface area contributed by atoms with Crippen molar-refractivity contribution in [2.75, 3.05) is 18.5 Å². The van der Waals surface area contributed by atoms with Crippen LogP contribution in [0.2, 0.25) is 0 Å². The average molecular weight is 312 g/mol. The number of rotatable bonds is 7. The smallest absolute Gasteiger partial charge is 0.226 e. The quantitative estimate of drug-likeness (QED) is 0.692. The lowest BCUT2D eigenvalue weighted by molar-refractivity contribution is -0.125. The van der Waals surface area contributed by atoms with Crippen LogP contribution in [0.3, 0.4) is 0 Å². The van der Waals surface area contributed by atoms with Gasteiger partial charge in [-0.15, -0.1) is 10.2 Å². The first-order chi connectivity index (χ1) is 10.0. The fraction of sp³-hybridized carbons (Fsp3) is 0.692. The van der Waals surface area contributed by atoms with E-state index in [0.29, 0.717) is 11.7 Å². The van der Waals surface area contributed by atoms with Crippen LogP contribution in [0.4, 0.5) is 5.13 Å². The SMILES string of the molecule is Cc1nnc(NC(=O)CCC(=O)NCC2(CO)CCC2)s1. The minimum absolute atomic E-state index is 0.101. The Morgan fingerprint density at radius 3 is 2.52 bits per heavy atom. The number of aryl methyl sites for hydroxylation is 1. The van der Waals surface area contributed by atoms with E-state index in [1.165, 1.54) is 11.3 Å². The maximum absolute atomic E-state index is 11.7. The molecule has 0 radical (unpaired) electrons. The standard InChI is InChI=1S/C13H20N4O3S/c1-9-16-17-12(21-9)15-11(20)4-3-10(19)14-7-13(8-18)5-2-6-13/h18H,2-8H2,1H3,(H,14,19)(H,15,17,20). The molecule has 7 nitrogen and oxygen atoms in total. The van der Waals surface area contributed by atoms with Crippen molar-refractivity contribution in [2.24, 2.45) is 5.41 Å². The van der Waals surface area contributed by atoms with Crippen LogP contribution in [0, 0.1) is 12.3 Å². The van der Waals surface area contributed by atoms with Gasteiger partial charge in [0.05, 0.1) is 6.61 Å². The van der Waals surface area contributed by atoms with Gasteiger partial charge in [0.2, 0.25) is 16.9 Å². The van der Waals surface area contributed by atoms with E-state index < -0.39 is 0 Å². The number of aliphatic hydroxyl groups is 1. The van der Waals surface area contributed by atoms with Crippen molar-refractivity contribution in [3.05, 3.63) is 5.01 Å². The summed E-state index contributed by atoms with van der Waals surface area (Å²) in [5, 5.41) is 23.5. The van der Waals surface area contributed by atoms with Crippen LogP contribution in [0.15, 0.2) is 0 Å². The van der Waals surface area contributed by atoms with Gasteiger partial charge in [0.1, 0.15) is 5.01 Å². The molecule has 1 heterocycles. The van der Waals surface area contributed by atoms with Crippen molar-refractivity contribution in [1.82, 2.24) is 15.5 Å². The number of hydrogen-bond acceptors (Lipinski definition) is 6. The van der Waals surface area contributed by atoms with Crippen molar-refractivity contribution < 1.29 is 14.7 Å². The largest absolute Gasteiger partial charge is 0.396 e. The van der Waals surface area contributed by atoms with E-state index in [2.05, 4.69) is 20.8 Å². The molecule has 0 aromatic carbocycles. The number of aliphatic hydroxyl groups excluding tert-OH is 1. The second-order valence-corrected chi connectivity index (χ2v) is 6.64. The molecule has 0 aliphatic heterocycles. The Bertz CT molecular complexity index is 508. The van der Waals surface area contributed by atoms with Crippen LogP contribution in [-0.4, -0.2) is 40.3 Å². The van der Waals surface area contributed by atoms with E-state index in [4.69, 9.17) is 0 Å². The predicted octanol–water partition coefficient (Wildman–Crippen LogP) is 0.844. The van der Waals surface area contributed by atoms with Crippen molar-refractivity contribution in [3.8, 4) is 0 Å². The lowest BCUT2D eigenvalue weighted by Crippen LogP contribution is -2.44. The number of hydrogen-bond donors (Lipinski definition) is 3. The van der Waals surface area contributed by atoms with Gasteiger partial charge in [-0.1, -0.05) is 17.8 Å². The first-order valence-corrected chi connectivity index (χ1v) is 7.82. The highest BCUT2D eigenvalue weighted by Crippen LogP contribution is 2.39. The molecule has 0 spiro atoms.